The standard InChI is InChI=1S/C12H12F3NO2/c1-11(14,15)12(18)5-8(16-6-12)10-7(13)3-2-4-9(10)17/h2-4,17-18H,5-6H2,1H3. The molecule has 18 heavy (non-hydrogen) atoms. The first kappa shape index (κ1) is 12.9. The molecule has 1 aromatic carbocycles. The van der Waals surface area contributed by atoms with Crippen molar-refractivity contribution in [3.05, 3.63) is 29.6 Å². The average molecular weight is 259 g/mol. The van der Waals surface area contributed by atoms with Crippen molar-refractivity contribution in [2.45, 2.75) is 24.9 Å². The topological polar surface area (TPSA) is 52.8 Å². The van der Waals surface area contributed by atoms with Crippen LogP contribution in [0.1, 0.15) is 18.9 Å². The minimum absolute atomic E-state index is 0.0466. The third-order valence-corrected chi connectivity index (χ3v) is 3.09. The van der Waals surface area contributed by atoms with E-state index in [2.05, 4.69) is 4.99 Å². The van der Waals surface area contributed by atoms with Crippen molar-refractivity contribution >= 4 is 5.71 Å². The second-order valence-electron chi connectivity index (χ2n) is 4.49. The van der Waals surface area contributed by atoms with Gasteiger partial charge in [-0.3, -0.25) is 4.99 Å². The lowest BCUT2D eigenvalue weighted by Crippen LogP contribution is -2.47. The SMILES string of the molecule is CC(F)(F)C1(O)CN=C(c2c(O)cccc2F)C1. The molecule has 0 radical (unpaired) electrons. The third kappa shape index (κ3) is 1.96. The highest BCUT2D eigenvalue weighted by Crippen LogP contribution is 2.38. The van der Waals surface area contributed by atoms with Gasteiger partial charge in [-0.2, -0.15) is 0 Å². The summed E-state index contributed by atoms with van der Waals surface area (Å²) in [4.78, 5) is 3.73. The molecule has 1 aliphatic heterocycles. The number of phenols is 1. The van der Waals surface area contributed by atoms with Gasteiger partial charge in [-0.1, -0.05) is 6.07 Å². The minimum Gasteiger partial charge on any atom is -0.507 e. The molecule has 0 bridgehead atoms. The lowest BCUT2D eigenvalue weighted by Gasteiger charge is -2.28. The van der Waals surface area contributed by atoms with Crippen LogP contribution in [-0.4, -0.2) is 34.0 Å². The summed E-state index contributed by atoms with van der Waals surface area (Å²) in [5.74, 6) is -4.48. The maximum Gasteiger partial charge on any atom is 0.275 e. The van der Waals surface area contributed by atoms with Gasteiger partial charge in [0, 0.05) is 13.3 Å². The molecule has 98 valence electrons. The van der Waals surface area contributed by atoms with Crippen LogP contribution in [0.5, 0.6) is 5.75 Å². The predicted octanol–water partition coefficient (Wildman–Crippen LogP) is 2.11. The second kappa shape index (κ2) is 3.98. The van der Waals surface area contributed by atoms with E-state index >= 15 is 0 Å². The van der Waals surface area contributed by atoms with Gasteiger partial charge in [0.25, 0.3) is 5.92 Å². The third-order valence-electron chi connectivity index (χ3n) is 3.09. The zero-order valence-electron chi connectivity index (χ0n) is 9.62. The quantitative estimate of drug-likeness (QED) is 0.854. The molecule has 0 amide bonds. The van der Waals surface area contributed by atoms with Crippen molar-refractivity contribution in [2.75, 3.05) is 6.54 Å². The number of aliphatic hydroxyl groups is 1. The van der Waals surface area contributed by atoms with Crippen molar-refractivity contribution < 1.29 is 23.4 Å². The minimum atomic E-state index is -3.35. The van der Waals surface area contributed by atoms with Crippen LogP contribution in [-0.2, 0) is 0 Å². The van der Waals surface area contributed by atoms with Crippen LogP contribution in [0.15, 0.2) is 23.2 Å². The smallest absolute Gasteiger partial charge is 0.275 e. The fourth-order valence-electron chi connectivity index (χ4n) is 1.87. The fraction of sp³-hybridized carbons (Fsp3) is 0.417. The van der Waals surface area contributed by atoms with E-state index in [4.69, 9.17) is 0 Å². The lowest BCUT2D eigenvalue weighted by atomic mass is 9.91. The van der Waals surface area contributed by atoms with Crippen LogP contribution in [0.4, 0.5) is 13.2 Å². The number of phenolic OH excluding ortho intramolecular Hbond substituents is 1. The summed E-state index contributed by atoms with van der Waals surface area (Å²) in [6.45, 7) is 0.0757. The van der Waals surface area contributed by atoms with Gasteiger partial charge in [0.1, 0.15) is 11.6 Å². The summed E-state index contributed by atoms with van der Waals surface area (Å²) in [7, 11) is 0. The second-order valence-corrected chi connectivity index (χ2v) is 4.49. The number of nitrogens with zero attached hydrogens (tertiary/aromatic N) is 1. The Morgan fingerprint density at radius 3 is 2.56 bits per heavy atom. The molecule has 0 saturated carbocycles. The van der Waals surface area contributed by atoms with E-state index in [1.165, 1.54) is 12.1 Å². The van der Waals surface area contributed by atoms with E-state index in [0.717, 1.165) is 6.07 Å². The molecule has 2 N–H and O–H groups in total. The monoisotopic (exact) mass is 259 g/mol. The molecular formula is C12H12F3NO2. The number of rotatable bonds is 2. The molecule has 0 aromatic heterocycles. The Hall–Kier alpha value is -1.56. The summed E-state index contributed by atoms with van der Waals surface area (Å²) in [6.07, 6.45) is -0.495. The summed E-state index contributed by atoms with van der Waals surface area (Å²) < 4.78 is 40.0. The fourth-order valence-corrected chi connectivity index (χ4v) is 1.87. The summed E-state index contributed by atoms with van der Waals surface area (Å²) >= 11 is 0. The number of hydrogen-bond acceptors (Lipinski definition) is 3. The summed E-state index contributed by atoms with van der Waals surface area (Å²) in [5, 5.41) is 19.3. The van der Waals surface area contributed by atoms with E-state index in [-0.39, 0.29) is 17.0 Å². The number of halogens is 3. The Morgan fingerprint density at radius 1 is 1.39 bits per heavy atom. The largest absolute Gasteiger partial charge is 0.507 e. The Balaban J connectivity index is 2.35. The highest BCUT2D eigenvalue weighted by atomic mass is 19.3. The van der Waals surface area contributed by atoms with Gasteiger partial charge in [0.05, 0.1) is 17.8 Å². The Morgan fingerprint density at radius 2 is 2.06 bits per heavy atom. The number of aromatic hydroxyl groups is 1. The number of aliphatic imine (C=N–C) groups is 1. The predicted molar refractivity (Wildman–Crippen MR) is 59.7 cm³/mol. The highest BCUT2D eigenvalue weighted by molar-refractivity contribution is 6.04. The van der Waals surface area contributed by atoms with Crippen LogP contribution in [0.3, 0.4) is 0 Å². The van der Waals surface area contributed by atoms with E-state index in [9.17, 15) is 23.4 Å². The van der Waals surface area contributed by atoms with E-state index in [1.807, 2.05) is 0 Å². The molecular weight excluding hydrogens is 247 g/mol. The maximum absolute atomic E-state index is 13.5. The van der Waals surface area contributed by atoms with Crippen molar-refractivity contribution in [3.8, 4) is 5.75 Å². The summed E-state index contributed by atoms with van der Waals surface area (Å²) in [6, 6.07) is 3.63. The van der Waals surface area contributed by atoms with Gasteiger partial charge in [-0.25, -0.2) is 13.2 Å². The van der Waals surface area contributed by atoms with Crippen LogP contribution in [0.25, 0.3) is 0 Å². The number of hydrogen-bond donors (Lipinski definition) is 2. The zero-order valence-corrected chi connectivity index (χ0v) is 9.62. The van der Waals surface area contributed by atoms with Gasteiger partial charge in [0.2, 0.25) is 0 Å². The van der Waals surface area contributed by atoms with Gasteiger partial charge < -0.3 is 10.2 Å². The van der Waals surface area contributed by atoms with Gasteiger partial charge in [-0.05, 0) is 12.1 Å². The molecule has 0 fully saturated rings. The Bertz CT molecular complexity index is 490. The first-order valence-electron chi connectivity index (χ1n) is 5.36. The Kier molecular flexibility index (Phi) is 2.85. The van der Waals surface area contributed by atoms with Crippen LogP contribution >= 0.6 is 0 Å². The average Bonchev–Trinajstić information content (AvgIpc) is 2.61. The molecule has 1 aromatic rings. The number of benzene rings is 1. The first-order valence-corrected chi connectivity index (χ1v) is 5.36. The molecule has 6 heteroatoms. The number of alkyl halides is 2. The molecule has 0 aliphatic carbocycles. The van der Waals surface area contributed by atoms with E-state index in [1.54, 1.807) is 0 Å². The normalized spacial score (nSPS) is 24.2. The van der Waals surface area contributed by atoms with E-state index in [0.29, 0.717) is 6.92 Å². The van der Waals surface area contributed by atoms with Crippen molar-refractivity contribution in [1.29, 1.82) is 0 Å². The molecule has 0 saturated heterocycles. The molecule has 1 heterocycles. The Labute approximate surface area is 102 Å². The van der Waals surface area contributed by atoms with Gasteiger partial charge >= 0.3 is 0 Å². The van der Waals surface area contributed by atoms with Crippen molar-refractivity contribution in [2.24, 2.45) is 4.99 Å². The molecule has 3 nitrogen and oxygen atoms in total. The first-order chi connectivity index (χ1) is 8.24. The van der Waals surface area contributed by atoms with E-state index < -0.39 is 30.3 Å². The molecule has 0 spiro atoms. The molecule has 1 unspecified atom stereocenters. The van der Waals surface area contributed by atoms with Crippen LogP contribution in [0.2, 0.25) is 0 Å². The zero-order chi connectivity index (χ0) is 13.6. The van der Waals surface area contributed by atoms with Gasteiger partial charge in [0.15, 0.2) is 5.60 Å². The van der Waals surface area contributed by atoms with Crippen LogP contribution in [0, 0.1) is 5.82 Å². The van der Waals surface area contributed by atoms with Crippen molar-refractivity contribution in [1.82, 2.24) is 0 Å². The van der Waals surface area contributed by atoms with Crippen molar-refractivity contribution in [3.63, 3.8) is 0 Å². The summed E-state index contributed by atoms with van der Waals surface area (Å²) in [5.41, 5.74) is -2.59. The molecule has 1 atom stereocenters. The molecule has 2 rings (SSSR count). The van der Waals surface area contributed by atoms with Crippen LogP contribution < -0.4 is 0 Å². The lowest BCUT2D eigenvalue weighted by molar-refractivity contribution is -0.155. The highest BCUT2D eigenvalue weighted by Gasteiger charge is 2.52. The maximum atomic E-state index is 13.5. The van der Waals surface area contributed by atoms with Gasteiger partial charge in [-0.15, -0.1) is 0 Å². The molecule has 1 aliphatic rings.